The maximum Gasteiger partial charge on any atom is 0.262 e. The number of aryl methyl sites for hydroxylation is 1. The van der Waals surface area contributed by atoms with Crippen LogP contribution in [0, 0.1) is 6.92 Å². The summed E-state index contributed by atoms with van der Waals surface area (Å²) in [4.78, 5) is 34.1. The number of ether oxygens (including phenoxy) is 3. The molecule has 0 fully saturated rings. The van der Waals surface area contributed by atoms with Crippen molar-refractivity contribution in [3.8, 4) is 28.5 Å². The van der Waals surface area contributed by atoms with Gasteiger partial charge in [0.05, 0.1) is 11.1 Å². The quantitative estimate of drug-likeness (QED) is 0.418. The third-order valence-electron chi connectivity index (χ3n) is 5.20. The van der Waals surface area contributed by atoms with Crippen LogP contribution in [-0.4, -0.2) is 35.1 Å². The summed E-state index contributed by atoms with van der Waals surface area (Å²) >= 11 is 1.49. The van der Waals surface area contributed by atoms with E-state index in [1.807, 2.05) is 36.6 Å². The maximum absolute atomic E-state index is 12.7. The molecule has 0 saturated heterocycles. The molecule has 0 bridgehead atoms. The van der Waals surface area contributed by atoms with E-state index in [1.165, 1.54) is 24.6 Å². The van der Waals surface area contributed by atoms with Crippen LogP contribution in [0.3, 0.4) is 0 Å². The molecule has 0 aliphatic carbocycles. The van der Waals surface area contributed by atoms with Gasteiger partial charge in [0.25, 0.3) is 5.91 Å². The lowest BCUT2D eigenvalue weighted by molar-refractivity contribution is -0.118. The Hall–Kier alpha value is -3.98. The molecular weight excluding hydrogens is 442 g/mol. The number of hydrogen-bond acceptors (Lipinski definition) is 8. The first-order chi connectivity index (χ1) is 16.0. The zero-order chi connectivity index (χ0) is 22.9. The molecule has 0 atom stereocenters. The van der Waals surface area contributed by atoms with E-state index in [0.717, 1.165) is 26.9 Å². The molecule has 8 nitrogen and oxygen atoms in total. The number of aromatic nitrogens is 2. The van der Waals surface area contributed by atoms with Gasteiger partial charge >= 0.3 is 0 Å². The van der Waals surface area contributed by atoms with Gasteiger partial charge in [-0.2, -0.15) is 0 Å². The highest BCUT2D eigenvalue weighted by Gasteiger charge is 2.21. The summed E-state index contributed by atoms with van der Waals surface area (Å²) in [7, 11) is 0. The van der Waals surface area contributed by atoms with Crippen molar-refractivity contribution in [3.05, 3.63) is 59.2 Å². The summed E-state index contributed by atoms with van der Waals surface area (Å²) in [6.07, 6.45) is 1.41. The van der Waals surface area contributed by atoms with Crippen LogP contribution in [0.1, 0.15) is 22.8 Å². The van der Waals surface area contributed by atoms with Crippen LogP contribution >= 0.6 is 11.3 Å². The second-order valence-corrected chi connectivity index (χ2v) is 8.38. The number of rotatable bonds is 6. The molecule has 4 aromatic rings. The molecule has 166 valence electrons. The first kappa shape index (κ1) is 20.9. The molecule has 1 aliphatic rings. The average Bonchev–Trinajstić information content (AvgIpc) is 3.44. The molecule has 3 heterocycles. The normalized spacial score (nSPS) is 12.1. The number of Topliss-reactive ketones (excluding diaryl/α,β-unsaturated/α-hetero) is 1. The average molecular weight is 461 g/mol. The topological polar surface area (TPSA) is 99.6 Å². The monoisotopic (exact) mass is 461 g/mol. The number of nitrogens with one attached hydrogen (secondary N) is 1. The van der Waals surface area contributed by atoms with E-state index in [1.54, 1.807) is 12.1 Å². The molecule has 0 saturated carbocycles. The van der Waals surface area contributed by atoms with Crippen molar-refractivity contribution in [2.75, 3.05) is 18.7 Å². The van der Waals surface area contributed by atoms with Gasteiger partial charge in [0.2, 0.25) is 12.7 Å². The smallest absolute Gasteiger partial charge is 0.262 e. The van der Waals surface area contributed by atoms with Crippen LogP contribution in [-0.2, 0) is 4.79 Å². The number of nitrogens with zero attached hydrogens (tertiary/aromatic N) is 2. The number of anilines is 1. The lowest BCUT2D eigenvalue weighted by Gasteiger charge is -2.12. The molecule has 9 heteroatoms. The standard InChI is InChI=1S/C24H19N3O5S/c1-13-3-5-15(6-4-13)17-10-33-24-22(17)23(25-11-26-24)30-9-21(29)27-18-8-20-19(31-12-32-20)7-16(18)14(2)28/h3-8,10-11H,9,12H2,1-2H3,(H,27,29). The highest BCUT2D eigenvalue weighted by molar-refractivity contribution is 7.17. The predicted molar refractivity (Wildman–Crippen MR) is 124 cm³/mol. The Balaban J connectivity index is 1.38. The Bertz CT molecular complexity index is 1380. The first-order valence-electron chi connectivity index (χ1n) is 10.2. The minimum absolute atomic E-state index is 0.0703. The van der Waals surface area contributed by atoms with E-state index in [9.17, 15) is 9.59 Å². The van der Waals surface area contributed by atoms with Crippen molar-refractivity contribution < 1.29 is 23.8 Å². The fraction of sp³-hybridized carbons (Fsp3) is 0.167. The Morgan fingerprint density at radius 1 is 1.12 bits per heavy atom. The molecule has 0 radical (unpaired) electrons. The van der Waals surface area contributed by atoms with E-state index in [-0.39, 0.29) is 19.2 Å². The molecule has 0 spiro atoms. The molecule has 2 aromatic heterocycles. The third kappa shape index (κ3) is 4.10. The minimum Gasteiger partial charge on any atom is -0.467 e. The van der Waals surface area contributed by atoms with Crippen LogP contribution < -0.4 is 19.5 Å². The zero-order valence-corrected chi connectivity index (χ0v) is 18.7. The van der Waals surface area contributed by atoms with Gasteiger partial charge in [0, 0.05) is 22.6 Å². The molecule has 1 amide bonds. The van der Waals surface area contributed by atoms with Gasteiger partial charge in [-0.3, -0.25) is 9.59 Å². The number of carbonyl (C=O) groups excluding carboxylic acids is 2. The van der Waals surface area contributed by atoms with Gasteiger partial charge in [-0.25, -0.2) is 9.97 Å². The molecular formula is C24H19N3O5S. The third-order valence-corrected chi connectivity index (χ3v) is 6.09. The summed E-state index contributed by atoms with van der Waals surface area (Å²) in [5.41, 5.74) is 3.79. The highest BCUT2D eigenvalue weighted by atomic mass is 32.1. The Morgan fingerprint density at radius 3 is 2.64 bits per heavy atom. The van der Waals surface area contributed by atoms with E-state index in [2.05, 4.69) is 15.3 Å². The summed E-state index contributed by atoms with van der Waals surface area (Å²) in [5, 5.41) is 5.48. The Labute approximate surface area is 193 Å². The fourth-order valence-electron chi connectivity index (χ4n) is 3.56. The number of fused-ring (bicyclic) bond motifs is 2. The van der Waals surface area contributed by atoms with Gasteiger partial charge in [0.1, 0.15) is 11.2 Å². The molecule has 5 rings (SSSR count). The van der Waals surface area contributed by atoms with Gasteiger partial charge in [0.15, 0.2) is 23.9 Å². The molecule has 2 aromatic carbocycles. The number of ketones is 1. The van der Waals surface area contributed by atoms with Crippen molar-refractivity contribution in [2.45, 2.75) is 13.8 Å². The summed E-state index contributed by atoms with van der Waals surface area (Å²) in [6.45, 7) is 3.23. The number of benzene rings is 2. The maximum atomic E-state index is 12.7. The summed E-state index contributed by atoms with van der Waals surface area (Å²) < 4.78 is 16.5. The van der Waals surface area contributed by atoms with Crippen LogP contribution in [0.25, 0.3) is 21.3 Å². The lowest BCUT2D eigenvalue weighted by Crippen LogP contribution is -2.21. The molecule has 1 N–H and O–H groups in total. The van der Waals surface area contributed by atoms with Crippen molar-refractivity contribution in [2.24, 2.45) is 0 Å². The van der Waals surface area contributed by atoms with Crippen LogP contribution in [0.5, 0.6) is 17.4 Å². The predicted octanol–water partition coefficient (Wildman–Crippen LogP) is 4.62. The van der Waals surface area contributed by atoms with Crippen LogP contribution in [0.2, 0.25) is 0 Å². The zero-order valence-electron chi connectivity index (χ0n) is 17.9. The number of thiophene rings is 1. The highest BCUT2D eigenvalue weighted by Crippen LogP contribution is 2.38. The largest absolute Gasteiger partial charge is 0.467 e. The van der Waals surface area contributed by atoms with Crippen molar-refractivity contribution in [1.82, 2.24) is 9.97 Å². The number of hydrogen-bond donors (Lipinski definition) is 1. The SMILES string of the molecule is CC(=O)c1cc2c(cc1NC(=O)COc1ncnc3scc(-c4ccc(C)cc4)c13)OCO2. The second-order valence-electron chi connectivity index (χ2n) is 7.52. The second kappa shape index (κ2) is 8.51. The van der Waals surface area contributed by atoms with Crippen molar-refractivity contribution >= 4 is 38.9 Å². The Kier molecular flexibility index (Phi) is 5.39. The molecule has 1 aliphatic heterocycles. The number of amides is 1. The van der Waals surface area contributed by atoms with E-state index in [0.29, 0.717) is 28.6 Å². The van der Waals surface area contributed by atoms with Crippen LogP contribution in [0.4, 0.5) is 5.69 Å². The van der Waals surface area contributed by atoms with E-state index in [4.69, 9.17) is 14.2 Å². The van der Waals surface area contributed by atoms with Gasteiger partial charge in [-0.1, -0.05) is 29.8 Å². The minimum atomic E-state index is -0.435. The Morgan fingerprint density at radius 2 is 1.88 bits per heavy atom. The first-order valence-corrected chi connectivity index (χ1v) is 11.0. The fourth-order valence-corrected chi connectivity index (χ4v) is 4.47. The van der Waals surface area contributed by atoms with Gasteiger partial charge in [-0.15, -0.1) is 11.3 Å². The van der Waals surface area contributed by atoms with Gasteiger partial charge in [-0.05, 0) is 25.5 Å². The molecule has 33 heavy (non-hydrogen) atoms. The summed E-state index contributed by atoms with van der Waals surface area (Å²) in [6, 6.07) is 11.3. The molecule has 0 unspecified atom stereocenters. The number of carbonyl (C=O) groups is 2. The van der Waals surface area contributed by atoms with E-state index >= 15 is 0 Å². The van der Waals surface area contributed by atoms with E-state index < -0.39 is 5.91 Å². The van der Waals surface area contributed by atoms with Crippen molar-refractivity contribution in [3.63, 3.8) is 0 Å². The lowest BCUT2D eigenvalue weighted by atomic mass is 10.0. The van der Waals surface area contributed by atoms with Gasteiger partial charge < -0.3 is 19.5 Å². The van der Waals surface area contributed by atoms with Crippen molar-refractivity contribution in [1.29, 1.82) is 0 Å². The van der Waals surface area contributed by atoms with Crippen LogP contribution in [0.15, 0.2) is 48.1 Å². The summed E-state index contributed by atoms with van der Waals surface area (Å²) in [5.74, 6) is 0.622.